The number of aryl methyl sites for hydroxylation is 3. The Morgan fingerprint density at radius 1 is 1.26 bits per heavy atom. The molecule has 0 saturated heterocycles. The third-order valence-electron chi connectivity index (χ3n) is 5.62. The van der Waals surface area contributed by atoms with Crippen molar-refractivity contribution in [2.24, 2.45) is 10.9 Å². The number of benzene rings is 1. The number of nitrogens with one attached hydrogen (secondary N) is 1. The van der Waals surface area contributed by atoms with Crippen molar-refractivity contribution in [3.8, 4) is 0 Å². The predicted octanol–water partition coefficient (Wildman–Crippen LogP) is 4.72. The van der Waals surface area contributed by atoms with Crippen molar-refractivity contribution in [1.29, 1.82) is 0 Å². The van der Waals surface area contributed by atoms with Gasteiger partial charge < -0.3 is 19.5 Å². The first-order valence-electron chi connectivity index (χ1n) is 11.5. The number of carbonyl (C=O) groups excluding carboxylic acids is 3. The molecular weight excluding hydrogens is 448 g/mol. The SMILES string of the molecule is C=N/C(=C\C=C/C)C(=O)NCCC1CC(OC(C)OC(=O)OC)=C(c2c(C)cc(C)cc2C)C1=O. The second-order valence-electron chi connectivity index (χ2n) is 8.38. The van der Waals surface area contributed by atoms with Crippen molar-refractivity contribution in [3.05, 3.63) is 64.1 Å². The van der Waals surface area contributed by atoms with Crippen LogP contribution >= 0.6 is 0 Å². The van der Waals surface area contributed by atoms with E-state index in [-0.39, 0.29) is 23.9 Å². The van der Waals surface area contributed by atoms with E-state index in [9.17, 15) is 14.4 Å². The lowest BCUT2D eigenvalue weighted by Crippen LogP contribution is -2.28. The van der Waals surface area contributed by atoms with Crippen LogP contribution in [0.1, 0.15) is 48.9 Å². The Labute approximate surface area is 206 Å². The molecule has 0 heterocycles. The number of Topliss-reactive ketones (excluding diaryl/α,β-unsaturated/α-hetero) is 1. The van der Waals surface area contributed by atoms with Crippen LogP contribution in [0.2, 0.25) is 0 Å². The molecule has 1 amide bonds. The number of rotatable bonds is 10. The Hall–Kier alpha value is -3.68. The first kappa shape index (κ1) is 27.6. The van der Waals surface area contributed by atoms with Gasteiger partial charge in [-0.15, -0.1) is 0 Å². The summed E-state index contributed by atoms with van der Waals surface area (Å²) in [6, 6.07) is 4.03. The number of amides is 1. The summed E-state index contributed by atoms with van der Waals surface area (Å²) in [5.41, 5.74) is 4.51. The van der Waals surface area contributed by atoms with Crippen molar-refractivity contribution in [2.75, 3.05) is 13.7 Å². The summed E-state index contributed by atoms with van der Waals surface area (Å²) in [6.07, 6.45) is 3.97. The highest BCUT2D eigenvalue weighted by Gasteiger charge is 2.37. The molecule has 35 heavy (non-hydrogen) atoms. The van der Waals surface area contributed by atoms with E-state index in [1.807, 2.05) is 39.8 Å². The topological polar surface area (TPSA) is 103 Å². The van der Waals surface area contributed by atoms with Gasteiger partial charge in [0, 0.05) is 25.8 Å². The molecule has 1 aliphatic rings. The Morgan fingerprint density at radius 3 is 2.49 bits per heavy atom. The molecule has 8 nitrogen and oxygen atoms in total. The average Bonchev–Trinajstić information content (AvgIpc) is 3.08. The lowest BCUT2D eigenvalue weighted by Gasteiger charge is -2.18. The smallest absolute Gasteiger partial charge is 0.458 e. The van der Waals surface area contributed by atoms with E-state index in [4.69, 9.17) is 9.47 Å². The molecule has 0 radical (unpaired) electrons. The fourth-order valence-corrected chi connectivity index (χ4v) is 4.18. The van der Waals surface area contributed by atoms with Gasteiger partial charge in [0.05, 0.1) is 12.7 Å². The monoisotopic (exact) mass is 482 g/mol. The van der Waals surface area contributed by atoms with E-state index in [0.717, 1.165) is 22.3 Å². The molecule has 0 saturated carbocycles. The fraction of sp³-hybridized carbons (Fsp3) is 0.407. The van der Waals surface area contributed by atoms with E-state index in [1.165, 1.54) is 7.11 Å². The maximum absolute atomic E-state index is 13.5. The van der Waals surface area contributed by atoms with Crippen molar-refractivity contribution < 1.29 is 28.6 Å². The van der Waals surface area contributed by atoms with Crippen molar-refractivity contribution in [1.82, 2.24) is 5.32 Å². The minimum Gasteiger partial charge on any atom is -0.458 e. The van der Waals surface area contributed by atoms with E-state index < -0.39 is 18.4 Å². The molecule has 1 aromatic carbocycles. The Balaban J connectivity index is 2.26. The first-order valence-corrected chi connectivity index (χ1v) is 11.5. The number of ketones is 1. The van der Waals surface area contributed by atoms with Gasteiger partial charge in [-0.05, 0) is 63.6 Å². The minimum atomic E-state index is -0.942. The van der Waals surface area contributed by atoms with E-state index in [1.54, 1.807) is 25.2 Å². The Kier molecular flexibility index (Phi) is 9.99. The number of carbonyl (C=O) groups is 3. The van der Waals surface area contributed by atoms with Crippen LogP contribution in [0.4, 0.5) is 4.79 Å². The quantitative estimate of drug-likeness (QED) is 0.170. The maximum Gasteiger partial charge on any atom is 0.511 e. The molecule has 2 unspecified atom stereocenters. The van der Waals surface area contributed by atoms with Crippen molar-refractivity contribution >= 4 is 30.1 Å². The third kappa shape index (κ3) is 7.15. The number of methoxy groups -OCH3 is 1. The maximum atomic E-state index is 13.5. The lowest BCUT2D eigenvalue weighted by molar-refractivity contribution is -0.119. The standard InChI is InChI=1S/C27H34N2O6/c1-8-9-10-21(28-6)26(31)29-12-11-20-15-22(34-19(5)35-27(32)33-7)24(25(20)30)23-17(3)13-16(2)14-18(23)4/h8-10,13-14,19-20H,6,11-12,15H2,1-5,7H3,(H,29,31)/b9-8-,21-10-. The van der Waals surface area contributed by atoms with Gasteiger partial charge in [0.25, 0.3) is 5.91 Å². The zero-order chi connectivity index (χ0) is 26.1. The van der Waals surface area contributed by atoms with Crippen molar-refractivity contribution in [3.63, 3.8) is 0 Å². The second-order valence-corrected chi connectivity index (χ2v) is 8.38. The molecular formula is C27H34N2O6. The lowest BCUT2D eigenvalue weighted by atomic mass is 9.90. The van der Waals surface area contributed by atoms with Crippen molar-refractivity contribution in [2.45, 2.75) is 53.8 Å². The van der Waals surface area contributed by atoms with Crippen LogP contribution in [-0.4, -0.2) is 44.5 Å². The number of ether oxygens (including phenoxy) is 3. The Morgan fingerprint density at radius 2 is 1.91 bits per heavy atom. The number of hydrogen-bond donors (Lipinski definition) is 1. The molecule has 2 rings (SSSR count). The van der Waals surface area contributed by atoms with Crippen LogP contribution in [0, 0.1) is 26.7 Å². The molecule has 1 aliphatic carbocycles. The van der Waals surface area contributed by atoms with Crippen LogP contribution in [0.3, 0.4) is 0 Å². The third-order valence-corrected chi connectivity index (χ3v) is 5.62. The summed E-state index contributed by atoms with van der Waals surface area (Å²) in [5, 5.41) is 2.79. The van der Waals surface area contributed by atoms with E-state index >= 15 is 0 Å². The number of allylic oxidation sites excluding steroid dienone is 5. The predicted molar refractivity (Wildman–Crippen MR) is 135 cm³/mol. The minimum absolute atomic E-state index is 0.0684. The normalized spacial score (nSPS) is 16.9. The largest absolute Gasteiger partial charge is 0.511 e. The van der Waals surface area contributed by atoms with Crippen LogP contribution in [0.5, 0.6) is 0 Å². The molecule has 0 aliphatic heterocycles. The van der Waals surface area contributed by atoms with Gasteiger partial charge in [0.1, 0.15) is 11.5 Å². The Bertz CT molecular complexity index is 1060. The number of aliphatic imine (C=N–C) groups is 1. The molecule has 0 fully saturated rings. The molecule has 1 N–H and O–H groups in total. The zero-order valence-electron chi connectivity index (χ0n) is 21.3. The molecule has 0 aromatic heterocycles. The van der Waals surface area contributed by atoms with Gasteiger partial charge in [-0.2, -0.15) is 0 Å². The summed E-state index contributed by atoms with van der Waals surface area (Å²) >= 11 is 0. The van der Waals surface area contributed by atoms with Gasteiger partial charge in [0.15, 0.2) is 5.78 Å². The summed E-state index contributed by atoms with van der Waals surface area (Å²) in [5.74, 6) is -0.371. The van der Waals surface area contributed by atoms with Crippen LogP contribution in [0.25, 0.3) is 5.57 Å². The number of nitrogens with zero attached hydrogens (tertiary/aromatic N) is 1. The molecule has 0 spiro atoms. The molecule has 1 aromatic rings. The number of hydrogen-bond acceptors (Lipinski definition) is 7. The molecule has 8 heteroatoms. The highest BCUT2D eigenvalue weighted by Crippen LogP contribution is 2.40. The van der Waals surface area contributed by atoms with Crippen LogP contribution < -0.4 is 5.32 Å². The average molecular weight is 483 g/mol. The summed E-state index contributed by atoms with van der Waals surface area (Å²) < 4.78 is 15.5. The van der Waals surface area contributed by atoms with Crippen LogP contribution in [0.15, 0.2) is 46.8 Å². The summed E-state index contributed by atoms with van der Waals surface area (Å²) in [4.78, 5) is 41.1. The second kappa shape index (κ2) is 12.7. The van der Waals surface area contributed by atoms with Gasteiger partial charge in [-0.3, -0.25) is 14.6 Å². The van der Waals surface area contributed by atoms with Gasteiger partial charge in [0.2, 0.25) is 6.29 Å². The molecule has 188 valence electrons. The molecule has 0 bridgehead atoms. The van der Waals surface area contributed by atoms with Gasteiger partial charge in [-0.1, -0.05) is 29.8 Å². The zero-order valence-corrected chi connectivity index (χ0v) is 21.3. The van der Waals surface area contributed by atoms with Gasteiger partial charge >= 0.3 is 6.16 Å². The fourth-order valence-electron chi connectivity index (χ4n) is 4.18. The van der Waals surface area contributed by atoms with Gasteiger partial charge in [-0.25, -0.2) is 4.79 Å². The summed E-state index contributed by atoms with van der Waals surface area (Å²) in [7, 11) is 1.21. The molecule has 2 atom stereocenters. The highest BCUT2D eigenvalue weighted by molar-refractivity contribution is 6.25. The van der Waals surface area contributed by atoms with E-state index in [2.05, 4.69) is 21.8 Å². The van der Waals surface area contributed by atoms with Crippen LogP contribution in [-0.2, 0) is 23.8 Å². The first-order chi connectivity index (χ1) is 16.6. The summed E-state index contributed by atoms with van der Waals surface area (Å²) in [6.45, 7) is 13.0. The highest BCUT2D eigenvalue weighted by atomic mass is 16.8. The van der Waals surface area contributed by atoms with E-state index in [0.29, 0.717) is 24.2 Å².